The van der Waals surface area contributed by atoms with Gasteiger partial charge in [0.2, 0.25) is 0 Å². The second kappa shape index (κ2) is 7.74. The van der Waals surface area contributed by atoms with Gasteiger partial charge in [-0.2, -0.15) is 9.47 Å². The van der Waals surface area contributed by atoms with Gasteiger partial charge < -0.3 is 5.32 Å². The van der Waals surface area contributed by atoms with E-state index in [9.17, 15) is 0 Å². The molecule has 0 amide bonds. The number of H-pyrrole nitrogens is 1. The van der Waals surface area contributed by atoms with Crippen molar-refractivity contribution in [3.8, 4) is 11.3 Å². The Hall–Kier alpha value is -2.49. The molecular formula is C19H21ClN8S. The number of aromatic nitrogens is 6. The van der Waals surface area contributed by atoms with Crippen LogP contribution in [-0.4, -0.2) is 46.9 Å². The normalized spacial score (nSPS) is 15.2. The Kier molecular flexibility index (Phi) is 4.94. The molecule has 5 heterocycles. The summed E-state index contributed by atoms with van der Waals surface area (Å²) in [5.74, 6) is 0.662. The Morgan fingerprint density at radius 2 is 2.10 bits per heavy atom. The van der Waals surface area contributed by atoms with Crippen LogP contribution in [0.4, 0.5) is 10.8 Å². The van der Waals surface area contributed by atoms with Gasteiger partial charge in [0.25, 0.3) is 0 Å². The minimum atomic E-state index is 0.536. The zero-order valence-corrected chi connectivity index (χ0v) is 17.6. The van der Waals surface area contributed by atoms with Gasteiger partial charge in [-0.1, -0.05) is 18.0 Å². The summed E-state index contributed by atoms with van der Waals surface area (Å²) in [5.41, 5.74) is 4.26. The molecule has 5 rings (SSSR count). The van der Waals surface area contributed by atoms with E-state index < -0.39 is 0 Å². The van der Waals surface area contributed by atoms with E-state index in [0.717, 1.165) is 47.3 Å². The van der Waals surface area contributed by atoms with Crippen molar-refractivity contribution in [2.24, 2.45) is 0 Å². The molecule has 1 saturated heterocycles. The first kappa shape index (κ1) is 18.5. The maximum Gasteiger partial charge on any atom is 0.182 e. The van der Waals surface area contributed by atoms with Crippen molar-refractivity contribution >= 4 is 39.6 Å². The van der Waals surface area contributed by atoms with E-state index in [1.54, 1.807) is 12.4 Å². The lowest BCUT2D eigenvalue weighted by atomic mass is 10.1. The third kappa shape index (κ3) is 3.61. The fourth-order valence-electron chi connectivity index (χ4n) is 3.73. The molecule has 29 heavy (non-hydrogen) atoms. The number of imidazole rings is 1. The lowest BCUT2D eigenvalue weighted by Gasteiger charge is -2.25. The second-order valence-corrected chi connectivity index (χ2v) is 8.43. The lowest BCUT2D eigenvalue weighted by molar-refractivity contribution is 0.219. The van der Waals surface area contributed by atoms with Crippen molar-refractivity contribution in [1.82, 2.24) is 33.8 Å². The summed E-state index contributed by atoms with van der Waals surface area (Å²) < 4.78 is 6.51. The zero-order chi connectivity index (χ0) is 19.8. The number of aryl methyl sites for hydroxylation is 1. The minimum absolute atomic E-state index is 0.536. The summed E-state index contributed by atoms with van der Waals surface area (Å²) in [7, 11) is 0. The molecule has 0 atom stereocenters. The number of nitrogens with zero attached hydrogens (tertiary/aromatic N) is 6. The molecular weight excluding hydrogens is 408 g/mol. The van der Waals surface area contributed by atoms with Crippen molar-refractivity contribution in [2.45, 2.75) is 32.7 Å². The fourth-order valence-corrected chi connectivity index (χ4v) is 4.60. The molecule has 4 aromatic heterocycles. The number of hydrogen-bond donors (Lipinski definition) is 2. The van der Waals surface area contributed by atoms with E-state index in [4.69, 9.17) is 11.6 Å². The third-order valence-corrected chi connectivity index (χ3v) is 6.36. The molecule has 1 fully saturated rings. The van der Waals surface area contributed by atoms with Crippen LogP contribution in [0.15, 0.2) is 24.7 Å². The van der Waals surface area contributed by atoms with E-state index in [2.05, 4.69) is 40.8 Å². The first-order valence-electron chi connectivity index (χ1n) is 9.67. The third-order valence-electron chi connectivity index (χ3n) is 5.18. The van der Waals surface area contributed by atoms with E-state index in [1.165, 1.54) is 30.8 Å². The molecule has 0 saturated carbocycles. The smallest absolute Gasteiger partial charge is 0.182 e. The van der Waals surface area contributed by atoms with E-state index in [-0.39, 0.29) is 0 Å². The average molecular weight is 429 g/mol. The molecule has 1 aliphatic heterocycles. The van der Waals surface area contributed by atoms with Gasteiger partial charge in [-0.05, 0) is 50.5 Å². The van der Waals surface area contributed by atoms with Crippen LogP contribution in [0.2, 0.25) is 5.15 Å². The molecule has 0 aromatic carbocycles. The van der Waals surface area contributed by atoms with Crippen molar-refractivity contribution in [2.75, 3.05) is 18.4 Å². The zero-order valence-electron chi connectivity index (χ0n) is 16.0. The maximum absolute atomic E-state index is 6.56. The largest absolute Gasteiger partial charge is 0.328 e. The van der Waals surface area contributed by atoms with Crippen LogP contribution in [0.3, 0.4) is 0 Å². The molecule has 0 unspecified atom stereocenters. The van der Waals surface area contributed by atoms with Gasteiger partial charge in [-0.25, -0.2) is 9.97 Å². The molecule has 0 spiro atoms. The van der Waals surface area contributed by atoms with Crippen molar-refractivity contribution < 1.29 is 0 Å². The average Bonchev–Trinajstić information content (AvgIpc) is 3.47. The SMILES string of the molecule is Cc1nc(Nc2cc(CN3CCCCC3)ns2)c2ncc(-c3cn[nH]c3)n2c1Cl. The van der Waals surface area contributed by atoms with Crippen LogP contribution in [-0.2, 0) is 6.54 Å². The lowest BCUT2D eigenvalue weighted by Crippen LogP contribution is -2.29. The molecule has 1 aliphatic rings. The number of halogens is 1. The number of likely N-dealkylation sites (tertiary alicyclic amines) is 1. The molecule has 150 valence electrons. The van der Waals surface area contributed by atoms with E-state index in [1.807, 2.05) is 17.5 Å². The van der Waals surface area contributed by atoms with Gasteiger partial charge in [-0.3, -0.25) is 14.4 Å². The Morgan fingerprint density at radius 1 is 1.24 bits per heavy atom. The quantitative estimate of drug-likeness (QED) is 0.493. The van der Waals surface area contributed by atoms with E-state index >= 15 is 0 Å². The molecule has 4 aromatic rings. The molecule has 0 aliphatic carbocycles. The number of rotatable bonds is 5. The van der Waals surface area contributed by atoms with Crippen LogP contribution in [0.5, 0.6) is 0 Å². The highest BCUT2D eigenvalue weighted by Crippen LogP contribution is 2.31. The van der Waals surface area contributed by atoms with Gasteiger partial charge in [0.15, 0.2) is 11.5 Å². The predicted octanol–water partition coefficient (Wildman–Crippen LogP) is 4.27. The molecule has 8 nitrogen and oxygen atoms in total. The van der Waals surface area contributed by atoms with Crippen molar-refractivity contribution in [3.05, 3.63) is 41.2 Å². The minimum Gasteiger partial charge on any atom is -0.328 e. The van der Waals surface area contributed by atoms with Crippen LogP contribution >= 0.6 is 23.1 Å². The Morgan fingerprint density at radius 3 is 2.90 bits per heavy atom. The van der Waals surface area contributed by atoms with Gasteiger partial charge >= 0.3 is 0 Å². The second-order valence-electron chi connectivity index (χ2n) is 7.27. The van der Waals surface area contributed by atoms with Gasteiger partial charge in [0.05, 0.1) is 29.5 Å². The van der Waals surface area contributed by atoms with Crippen LogP contribution in [0.25, 0.3) is 16.9 Å². The topological polar surface area (TPSA) is 87.0 Å². The number of fused-ring (bicyclic) bond motifs is 1. The molecule has 2 N–H and O–H groups in total. The van der Waals surface area contributed by atoms with Crippen LogP contribution in [0.1, 0.15) is 30.7 Å². The van der Waals surface area contributed by atoms with Gasteiger partial charge in [0.1, 0.15) is 10.2 Å². The first-order chi connectivity index (χ1) is 14.2. The molecule has 0 radical (unpaired) electrons. The number of aromatic amines is 1. The van der Waals surface area contributed by atoms with Crippen LogP contribution < -0.4 is 5.32 Å². The summed E-state index contributed by atoms with van der Waals surface area (Å²) in [6.07, 6.45) is 9.24. The Labute approximate surface area is 177 Å². The highest BCUT2D eigenvalue weighted by Gasteiger charge is 2.18. The highest BCUT2D eigenvalue weighted by molar-refractivity contribution is 7.10. The summed E-state index contributed by atoms with van der Waals surface area (Å²) in [6, 6.07) is 2.10. The van der Waals surface area contributed by atoms with Gasteiger partial charge in [0, 0.05) is 18.3 Å². The number of piperidine rings is 1. The Balaban J connectivity index is 1.44. The molecule has 10 heteroatoms. The number of nitrogens with one attached hydrogen (secondary N) is 2. The standard InChI is InChI=1S/C19H21ClN8S/c1-12-17(20)28-15(13-8-22-23-9-13)10-21-19(28)18(24-12)25-16-7-14(26-29-16)11-27-5-3-2-4-6-27/h7-10H,2-6,11H2,1H3,(H,22,23)(H,24,25). The van der Waals surface area contributed by atoms with Crippen molar-refractivity contribution in [1.29, 1.82) is 0 Å². The Bertz CT molecular complexity index is 1130. The number of anilines is 2. The van der Waals surface area contributed by atoms with E-state index in [0.29, 0.717) is 16.6 Å². The predicted molar refractivity (Wildman–Crippen MR) is 115 cm³/mol. The summed E-state index contributed by atoms with van der Waals surface area (Å²) in [6.45, 7) is 5.10. The maximum atomic E-state index is 6.56. The van der Waals surface area contributed by atoms with Crippen molar-refractivity contribution in [3.63, 3.8) is 0 Å². The number of hydrogen-bond acceptors (Lipinski definition) is 7. The molecule has 0 bridgehead atoms. The monoisotopic (exact) mass is 428 g/mol. The summed E-state index contributed by atoms with van der Waals surface area (Å²) in [4.78, 5) is 11.7. The summed E-state index contributed by atoms with van der Waals surface area (Å²) >= 11 is 8.01. The fraction of sp³-hybridized carbons (Fsp3) is 0.368. The summed E-state index contributed by atoms with van der Waals surface area (Å²) in [5, 5.41) is 11.7. The highest BCUT2D eigenvalue weighted by atomic mass is 35.5. The van der Waals surface area contributed by atoms with Gasteiger partial charge in [-0.15, -0.1) is 0 Å². The first-order valence-corrected chi connectivity index (χ1v) is 10.8. The van der Waals surface area contributed by atoms with Crippen LogP contribution in [0, 0.1) is 6.92 Å².